The van der Waals surface area contributed by atoms with Crippen molar-refractivity contribution in [2.24, 2.45) is 5.92 Å². The SMILES string of the molecule is COc1ccc(C2CN(CC3CCC(OC)CC3)CCC2NC(=O)Nc2ccc(Cl)cc2)nc1. The first-order chi connectivity index (χ1) is 16.5. The molecule has 2 unspecified atom stereocenters. The van der Waals surface area contributed by atoms with E-state index in [2.05, 4.69) is 20.5 Å². The monoisotopic (exact) mass is 486 g/mol. The maximum atomic E-state index is 12.8. The van der Waals surface area contributed by atoms with Crippen molar-refractivity contribution in [1.82, 2.24) is 15.2 Å². The lowest BCUT2D eigenvalue weighted by atomic mass is 9.84. The second-order valence-electron chi connectivity index (χ2n) is 9.37. The predicted octanol–water partition coefficient (Wildman–Crippen LogP) is 4.93. The molecule has 7 nitrogen and oxygen atoms in total. The Balaban J connectivity index is 1.41. The van der Waals surface area contributed by atoms with E-state index in [9.17, 15) is 4.79 Å². The number of piperidine rings is 1. The molecule has 4 rings (SSSR count). The molecule has 8 heteroatoms. The fourth-order valence-corrected chi connectivity index (χ4v) is 5.30. The topological polar surface area (TPSA) is 75.7 Å². The molecule has 184 valence electrons. The van der Waals surface area contributed by atoms with Gasteiger partial charge in [0.25, 0.3) is 0 Å². The lowest BCUT2D eigenvalue weighted by Crippen LogP contribution is -2.51. The quantitative estimate of drug-likeness (QED) is 0.580. The van der Waals surface area contributed by atoms with Crippen LogP contribution in [0, 0.1) is 5.92 Å². The molecule has 1 saturated carbocycles. The molecule has 0 radical (unpaired) electrons. The van der Waals surface area contributed by atoms with Crippen LogP contribution in [0.2, 0.25) is 5.02 Å². The van der Waals surface area contributed by atoms with Crippen LogP contribution in [0.5, 0.6) is 5.75 Å². The van der Waals surface area contributed by atoms with Crippen LogP contribution in [0.1, 0.15) is 43.7 Å². The second-order valence-corrected chi connectivity index (χ2v) is 9.80. The number of ether oxygens (including phenoxy) is 2. The highest BCUT2D eigenvalue weighted by molar-refractivity contribution is 6.30. The standard InChI is InChI=1S/C26H35ClN4O3/c1-33-21-9-3-18(4-10-21)16-31-14-13-25(23(17-31)24-12-11-22(34-2)15-28-24)30-26(32)29-20-7-5-19(27)6-8-20/h5-8,11-12,15,18,21,23,25H,3-4,9-10,13-14,16-17H2,1-2H3,(H2,29,30,32). The zero-order valence-electron chi connectivity index (χ0n) is 20.0. The zero-order valence-corrected chi connectivity index (χ0v) is 20.8. The van der Waals surface area contributed by atoms with E-state index < -0.39 is 0 Å². The van der Waals surface area contributed by atoms with Crippen molar-refractivity contribution in [3.8, 4) is 5.75 Å². The molecule has 1 aromatic carbocycles. The van der Waals surface area contributed by atoms with Crippen LogP contribution in [0.4, 0.5) is 10.5 Å². The summed E-state index contributed by atoms with van der Waals surface area (Å²) in [5.74, 6) is 1.54. The van der Waals surface area contributed by atoms with Gasteiger partial charge in [0.1, 0.15) is 5.75 Å². The number of urea groups is 1. The molecular weight excluding hydrogens is 452 g/mol. The number of aromatic nitrogens is 1. The number of carbonyl (C=O) groups excluding carboxylic acids is 1. The summed E-state index contributed by atoms with van der Waals surface area (Å²) < 4.78 is 10.8. The Hall–Kier alpha value is -2.35. The van der Waals surface area contributed by atoms with Gasteiger partial charge in [0.15, 0.2) is 0 Å². The van der Waals surface area contributed by atoms with Gasteiger partial charge in [-0.1, -0.05) is 11.6 Å². The molecule has 2 amide bonds. The number of methoxy groups -OCH3 is 2. The number of nitrogens with one attached hydrogen (secondary N) is 2. The van der Waals surface area contributed by atoms with Gasteiger partial charge in [0, 0.05) is 55.1 Å². The summed E-state index contributed by atoms with van der Waals surface area (Å²) in [6.07, 6.45) is 7.77. The molecule has 2 N–H and O–H groups in total. The zero-order chi connectivity index (χ0) is 23.9. The van der Waals surface area contributed by atoms with Crippen LogP contribution in [0.3, 0.4) is 0 Å². The first-order valence-corrected chi connectivity index (χ1v) is 12.5. The number of benzene rings is 1. The Morgan fingerprint density at radius 3 is 2.50 bits per heavy atom. The number of pyridine rings is 1. The minimum Gasteiger partial charge on any atom is -0.495 e. The maximum absolute atomic E-state index is 12.8. The van der Waals surface area contributed by atoms with E-state index in [0.29, 0.717) is 22.7 Å². The number of carbonyl (C=O) groups is 1. The number of likely N-dealkylation sites (tertiary alicyclic amines) is 1. The molecule has 0 spiro atoms. The Kier molecular flexibility index (Phi) is 8.64. The average Bonchev–Trinajstić information content (AvgIpc) is 2.87. The highest BCUT2D eigenvalue weighted by Crippen LogP contribution is 2.31. The summed E-state index contributed by atoms with van der Waals surface area (Å²) in [5, 5.41) is 6.76. The number of amides is 2. The van der Waals surface area contributed by atoms with Gasteiger partial charge in [0.05, 0.1) is 19.4 Å². The van der Waals surface area contributed by atoms with Crippen molar-refractivity contribution in [3.63, 3.8) is 0 Å². The molecule has 2 aromatic rings. The molecule has 2 atom stereocenters. The van der Waals surface area contributed by atoms with E-state index in [0.717, 1.165) is 50.3 Å². The van der Waals surface area contributed by atoms with Crippen LogP contribution in [-0.4, -0.2) is 61.9 Å². The van der Waals surface area contributed by atoms with Crippen molar-refractivity contribution in [3.05, 3.63) is 53.3 Å². The average molecular weight is 487 g/mol. The van der Waals surface area contributed by atoms with Gasteiger partial charge in [-0.25, -0.2) is 4.79 Å². The summed E-state index contributed by atoms with van der Waals surface area (Å²) >= 11 is 5.96. The third-order valence-corrected chi connectivity index (χ3v) is 7.39. The van der Waals surface area contributed by atoms with Crippen LogP contribution in [0.25, 0.3) is 0 Å². The molecule has 2 heterocycles. The van der Waals surface area contributed by atoms with E-state index in [4.69, 9.17) is 21.1 Å². The van der Waals surface area contributed by atoms with Crippen molar-refractivity contribution in [2.45, 2.75) is 50.2 Å². The second kappa shape index (κ2) is 11.9. The Morgan fingerprint density at radius 1 is 1.09 bits per heavy atom. The highest BCUT2D eigenvalue weighted by Gasteiger charge is 2.34. The van der Waals surface area contributed by atoms with Crippen LogP contribution in [-0.2, 0) is 4.74 Å². The van der Waals surface area contributed by atoms with Crippen molar-refractivity contribution >= 4 is 23.3 Å². The Bertz CT molecular complexity index is 917. The fraction of sp³-hybridized carbons (Fsp3) is 0.538. The molecule has 2 aliphatic rings. The molecule has 2 fully saturated rings. The predicted molar refractivity (Wildman–Crippen MR) is 135 cm³/mol. The lowest BCUT2D eigenvalue weighted by Gasteiger charge is -2.41. The summed E-state index contributed by atoms with van der Waals surface area (Å²) in [6, 6.07) is 10.9. The summed E-state index contributed by atoms with van der Waals surface area (Å²) in [6.45, 7) is 2.92. The van der Waals surface area contributed by atoms with Gasteiger partial charge in [-0.15, -0.1) is 0 Å². The largest absolute Gasteiger partial charge is 0.495 e. The maximum Gasteiger partial charge on any atom is 0.319 e. The first-order valence-electron chi connectivity index (χ1n) is 12.1. The third-order valence-electron chi connectivity index (χ3n) is 7.13. The van der Waals surface area contributed by atoms with Gasteiger partial charge >= 0.3 is 6.03 Å². The van der Waals surface area contributed by atoms with Gasteiger partial charge in [-0.05, 0) is 74.4 Å². The summed E-state index contributed by atoms with van der Waals surface area (Å²) in [4.78, 5) is 20.0. The van der Waals surface area contributed by atoms with Crippen LogP contribution < -0.4 is 15.4 Å². The minimum atomic E-state index is -0.211. The molecule has 1 saturated heterocycles. The molecule has 0 bridgehead atoms. The normalized spacial score (nSPS) is 25.5. The first kappa shape index (κ1) is 24.8. The van der Waals surface area contributed by atoms with E-state index in [1.807, 2.05) is 19.2 Å². The van der Waals surface area contributed by atoms with Gasteiger partial charge < -0.3 is 25.0 Å². The van der Waals surface area contributed by atoms with Crippen LogP contribution >= 0.6 is 11.6 Å². The third kappa shape index (κ3) is 6.62. The van der Waals surface area contributed by atoms with E-state index in [-0.39, 0.29) is 18.0 Å². The summed E-state index contributed by atoms with van der Waals surface area (Å²) in [7, 11) is 3.46. The number of nitrogens with zero attached hydrogens (tertiary/aromatic N) is 2. The number of halogens is 1. The Morgan fingerprint density at radius 2 is 1.85 bits per heavy atom. The molecular formula is C26H35ClN4O3. The van der Waals surface area contributed by atoms with Crippen LogP contribution in [0.15, 0.2) is 42.6 Å². The molecule has 1 aromatic heterocycles. The molecule has 34 heavy (non-hydrogen) atoms. The smallest absolute Gasteiger partial charge is 0.319 e. The van der Waals surface area contributed by atoms with Gasteiger partial charge in [0.2, 0.25) is 0 Å². The Labute approximate surface area is 207 Å². The lowest BCUT2D eigenvalue weighted by molar-refractivity contribution is 0.0460. The van der Waals surface area contributed by atoms with Crippen molar-refractivity contribution < 1.29 is 14.3 Å². The molecule has 1 aliphatic carbocycles. The fourth-order valence-electron chi connectivity index (χ4n) is 5.17. The van der Waals surface area contributed by atoms with Gasteiger partial charge in [-0.3, -0.25) is 4.98 Å². The molecule has 1 aliphatic heterocycles. The number of hydrogen-bond acceptors (Lipinski definition) is 5. The van der Waals surface area contributed by atoms with Gasteiger partial charge in [-0.2, -0.15) is 0 Å². The number of anilines is 1. The minimum absolute atomic E-state index is 0.00586. The van der Waals surface area contributed by atoms with Crippen molar-refractivity contribution in [1.29, 1.82) is 0 Å². The number of hydrogen-bond donors (Lipinski definition) is 2. The highest BCUT2D eigenvalue weighted by atomic mass is 35.5. The summed E-state index contributed by atoms with van der Waals surface area (Å²) in [5.41, 5.74) is 1.69. The number of rotatable bonds is 7. The van der Waals surface area contributed by atoms with Crippen molar-refractivity contribution in [2.75, 3.05) is 39.2 Å². The van der Waals surface area contributed by atoms with E-state index in [1.165, 1.54) is 12.8 Å². The van der Waals surface area contributed by atoms with E-state index >= 15 is 0 Å². The van der Waals surface area contributed by atoms with E-state index in [1.54, 1.807) is 37.6 Å².